The molecule has 1 unspecified atom stereocenters. The van der Waals surface area contributed by atoms with Crippen LogP contribution in [0.25, 0.3) is 0 Å². The first-order valence-corrected chi connectivity index (χ1v) is 8.62. The van der Waals surface area contributed by atoms with Crippen molar-refractivity contribution in [1.29, 1.82) is 0 Å². The first-order valence-electron chi connectivity index (χ1n) is 6.56. The highest BCUT2D eigenvalue weighted by Crippen LogP contribution is 2.26. The average Bonchev–Trinajstić information content (AvgIpc) is 2.41. The van der Waals surface area contributed by atoms with Crippen LogP contribution >= 0.6 is 0 Å². The summed E-state index contributed by atoms with van der Waals surface area (Å²) in [5, 5.41) is 2.71. The summed E-state index contributed by atoms with van der Waals surface area (Å²) in [6.45, 7) is 1.54. The highest BCUT2D eigenvalue weighted by molar-refractivity contribution is 7.90. The van der Waals surface area contributed by atoms with Gasteiger partial charge in [0, 0.05) is 12.8 Å². The molecule has 7 heteroatoms. The van der Waals surface area contributed by atoms with E-state index in [-0.39, 0.29) is 30.7 Å². The van der Waals surface area contributed by atoms with E-state index in [4.69, 9.17) is 0 Å². The van der Waals surface area contributed by atoms with Gasteiger partial charge in [-0.1, -0.05) is 30.3 Å². The van der Waals surface area contributed by atoms with Crippen LogP contribution in [0.15, 0.2) is 30.3 Å². The van der Waals surface area contributed by atoms with Gasteiger partial charge in [-0.3, -0.25) is 9.59 Å². The topological polar surface area (TPSA) is 83.6 Å². The molecule has 0 aromatic heterocycles. The van der Waals surface area contributed by atoms with Gasteiger partial charge in [0.2, 0.25) is 5.91 Å². The summed E-state index contributed by atoms with van der Waals surface area (Å²) < 4.78 is 22.5. The highest BCUT2D eigenvalue weighted by Gasteiger charge is 2.44. The predicted molar refractivity (Wildman–Crippen MR) is 78.2 cm³/mol. The van der Waals surface area contributed by atoms with E-state index in [1.165, 1.54) is 4.90 Å². The summed E-state index contributed by atoms with van der Waals surface area (Å²) in [7, 11) is -3.19. The zero-order valence-electron chi connectivity index (χ0n) is 12.0. The number of amides is 2. The van der Waals surface area contributed by atoms with Crippen molar-refractivity contribution in [2.45, 2.75) is 12.5 Å². The van der Waals surface area contributed by atoms with Gasteiger partial charge in [-0.25, -0.2) is 8.42 Å². The predicted octanol–water partition coefficient (Wildman–Crippen LogP) is -0.0952. The van der Waals surface area contributed by atoms with Crippen molar-refractivity contribution >= 4 is 21.7 Å². The van der Waals surface area contributed by atoms with E-state index in [0.717, 1.165) is 6.26 Å². The molecular formula is C14H18N2O4S. The van der Waals surface area contributed by atoms with Crippen molar-refractivity contribution in [3.63, 3.8) is 0 Å². The minimum Gasteiger partial charge on any atom is -0.337 e. The van der Waals surface area contributed by atoms with Crippen LogP contribution in [-0.4, -0.2) is 50.2 Å². The van der Waals surface area contributed by atoms with Crippen LogP contribution in [-0.2, 0) is 25.0 Å². The smallest absolute Gasteiger partial charge is 0.253 e. The first-order chi connectivity index (χ1) is 9.72. The number of piperazine rings is 1. The molecule has 1 fully saturated rings. The molecule has 1 saturated heterocycles. The maximum Gasteiger partial charge on any atom is 0.253 e. The Morgan fingerprint density at radius 1 is 1.24 bits per heavy atom. The van der Waals surface area contributed by atoms with E-state index in [2.05, 4.69) is 5.32 Å². The first kappa shape index (κ1) is 15.5. The molecule has 1 aliphatic heterocycles. The van der Waals surface area contributed by atoms with Crippen LogP contribution < -0.4 is 5.32 Å². The second-order valence-electron chi connectivity index (χ2n) is 5.40. The summed E-state index contributed by atoms with van der Waals surface area (Å²) in [5.41, 5.74) is -0.485. The van der Waals surface area contributed by atoms with E-state index < -0.39 is 15.4 Å². The van der Waals surface area contributed by atoms with Crippen LogP contribution in [0.3, 0.4) is 0 Å². The summed E-state index contributed by atoms with van der Waals surface area (Å²) in [6, 6.07) is 8.92. The van der Waals surface area contributed by atoms with Gasteiger partial charge in [0.05, 0.1) is 12.3 Å². The molecule has 2 rings (SSSR count). The van der Waals surface area contributed by atoms with Crippen molar-refractivity contribution in [1.82, 2.24) is 10.2 Å². The van der Waals surface area contributed by atoms with Crippen LogP contribution in [0.4, 0.5) is 0 Å². The van der Waals surface area contributed by atoms with Crippen LogP contribution in [0, 0.1) is 0 Å². The molecule has 0 spiro atoms. The molecule has 1 aromatic rings. The summed E-state index contributed by atoms with van der Waals surface area (Å²) >= 11 is 0. The van der Waals surface area contributed by atoms with Crippen molar-refractivity contribution in [3.05, 3.63) is 35.9 Å². The summed E-state index contributed by atoms with van der Waals surface area (Å²) in [4.78, 5) is 25.8. The molecule has 6 nitrogen and oxygen atoms in total. The molecule has 21 heavy (non-hydrogen) atoms. The van der Waals surface area contributed by atoms with Crippen LogP contribution in [0.2, 0.25) is 0 Å². The van der Waals surface area contributed by atoms with Gasteiger partial charge in [-0.05, 0) is 12.5 Å². The minimum atomic E-state index is -3.19. The van der Waals surface area contributed by atoms with E-state index in [1.807, 2.05) is 6.07 Å². The van der Waals surface area contributed by atoms with Crippen LogP contribution in [0.5, 0.6) is 0 Å². The molecular weight excluding hydrogens is 292 g/mol. The second-order valence-corrected chi connectivity index (χ2v) is 7.66. The molecule has 2 amide bonds. The molecule has 1 heterocycles. The largest absolute Gasteiger partial charge is 0.337 e. The Morgan fingerprint density at radius 2 is 1.86 bits per heavy atom. The number of benzene rings is 1. The Bertz CT molecular complexity index is 657. The van der Waals surface area contributed by atoms with E-state index in [1.54, 1.807) is 31.2 Å². The molecule has 0 bridgehead atoms. The molecule has 1 N–H and O–H groups in total. The third-order valence-electron chi connectivity index (χ3n) is 3.52. The van der Waals surface area contributed by atoms with Gasteiger partial charge >= 0.3 is 0 Å². The fraction of sp³-hybridized carbons (Fsp3) is 0.429. The summed E-state index contributed by atoms with van der Waals surface area (Å²) in [5.74, 6) is -0.747. The van der Waals surface area contributed by atoms with Gasteiger partial charge in [0.25, 0.3) is 5.91 Å². The minimum absolute atomic E-state index is 0.0213. The number of sulfone groups is 1. The lowest BCUT2D eigenvalue weighted by atomic mass is 9.88. The van der Waals surface area contributed by atoms with E-state index in [0.29, 0.717) is 5.56 Å². The van der Waals surface area contributed by atoms with Crippen LogP contribution in [0.1, 0.15) is 12.5 Å². The Kier molecular flexibility index (Phi) is 4.04. The number of nitrogens with one attached hydrogen (secondary N) is 1. The zero-order valence-corrected chi connectivity index (χ0v) is 12.8. The monoisotopic (exact) mass is 310 g/mol. The van der Waals surface area contributed by atoms with Gasteiger partial charge in [-0.2, -0.15) is 0 Å². The molecule has 1 aromatic carbocycles. The standard InChI is InChI=1S/C14H18N2O4S/c1-14(11-6-4-3-5-7-11)13(18)16(10-12(17)15-14)8-9-21(2,19)20/h3-7H,8-10H2,1-2H3,(H,15,17). The SMILES string of the molecule is CC1(c2ccccc2)NC(=O)CN(CCS(C)(=O)=O)C1=O. The number of nitrogens with zero attached hydrogens (tertiary/aromatic N) is 1. The maximum atomic E-state index is 12.6. The molecule has 0 saturated carbocycles. The fourth-order valence-corrected chi connectivity index (χ4v) is 2.91. The van der Waals surface area contributed by atoms with Crippen molar-refractivity contribution in [3.8, 4) is 0 Å². The normalized spacial score (nSPS) is 23.0. The Balaban J connectivity index is 2.27. The Hall–Kier alpha value is -1.89. The maximum absolute atomic E-state index is 12.6. The number of rotatable bonds is 4. The highest BCUT2D eigenvalue weighted by atomic mass is 32.2. The fourth-order valence-electron chi connectivity index (χ4n) is 2.36. The van der Waals surface area contributed by atoms with Crippen molar-refractivity contribution in [2.24, 2.45) is 0 Å². The van der Waals surface area contributed by atoms with E-state index in [9.17, 15) is 18.0 Å². The molecule has 114 valence electrons. The Labute approximate surface area is 124 Å². The molecule has 1 aliphatic rings. The van der Waals surface area contributed by atoms with Gasteiger partial charge in [-0.15, -0.1) is 0 Å². The lowest BCUT2D eigenvalue weighted by Gasteiger charge is -2.40. The molecule has 0 aliphatic carbocycles. The van der Waals surface area contributed by atoms with Crippen molar-refractivity contribution in [2.75, 3.05) is 25.1 Å². The molecule has 1 atom stereocenters. The number of hydrogen-bond donors (Lipinski definition) is 1. The quantitative estimate of drug-likeness (QED) is 0.842. The zero-order chi connectivity index (χ0) is 15.7. The third-order valence-corrected chi connectivity index (χ3v) is 4.45. The second kappa shape index (κ2) is 5.48. The van der Waals surface area contributed by atoms with Gasteiger partial charge < -0.3 is 10.2 Å². The van der Waals surface area contributed by atoms with Gasteiger partial charge in [0.15, 0.2) is 0 Å². The van der Waals surface area contributed by atoms with E-state index >= 15 is 0 Å². The lowest BCUT2D eigenvalue weighted by Crippen LogP contribution is -2.63. The number of carbonyl (C=O) groups excluding carboxylic acids is 2. The third kappa shape index (κ3) is 3.41. The lowest BCUT2D eigenvalue weighted by molar-refractivity contribution is -0.149. The van der Waals surface area contributed by atoms with Gasteiger partial charge in [0.1, 0.15) is 15.4 Å². The molecule has 0 radical (unpaired) electrons. The summed E-state index contributed by atoms with van der Waals surface area (Å²) in [6.07, 6.45) is 1.11. The van der Waals surface area contributed by atoms with Crippen molar-refractivity contribution < 1.29 is 18.0 Å². The Morgan fingerprint density at radius 3 is 2.43 bits per heavy atom. The number of hydrogen-bond acceptors (Lipinski definition) is 4. The number of carbonyl (C=O) groups is 2. The average molecular weight is 310 g/mol.